The summed E-state index contributed by atoms with van der Waals surface area (Å²) >= 11 is 0. The molecule has 118 valence electrons. The van der Waals surface area contributed by atoms with Crippen LogP contribution in [0.15, 0.2) is 40.6 Å². The first kappa shape index (κ1) is 15.2. The molecule has 0 aromatic heterocycles. The summed E-state index contributed by atoms with van der Waals surface area (Å²) in [5.74, 6) is -0.474. The van der Waals surface area contributed by atoms with E-state index in [0.717, 1.165) is 5.56 Å². The topological polar surface area (TPSA) is 60.2 Å². The van der Waals surface area contributed by atoms with Crippen LogP contribution in [0.25, 0.3) is 0 Å². The number of benzene rings is 1. The molecule has 0 aliphatic carbocycles. The summed E-state index contributed by atoms with van der Waals surface area (Å²) in [5, 5.41) is 8.44. The number of carbonyl (C=O) groups excluding carboxylic acids is 1. The van der Waals surface area contributed by atoms with Crippen molar-refractivity contribution in [2.75, 3.05) is 6.54 Å². The third-order valence-corrected chi connectivity index (χ3v) is 4.43. The Morgan fingerprint density at radius 2 is 1.91 bits per heavy atom. The van der Waals surface area contributed by atoms with Crippen molar-refractivity contribution in [1.82, 2.24) is 0 Å². The van der Waals surface area contributed by atoms with E-state index < -0.39 is 11.8 Å². The minimum atomic E-state index is -1.07. The molecule has 1 aromatic rings. The van der Waals surface area contributed by atoms with E-state index in [-0.39, 0.29) is 23.4 Å². The van der Waals surface area contributed by atoms with Gasteiger partial charge in [0.2, 0.25) is 11.8 Å². The molecule has 0 N–H and O–H groups in total. The van der Waals surface area contributed by atoms with Crippen molar-refractivity contribution in [3.05, 3.63) is 35.9 Å². The monoisotopic (exact) mass is 302 g/mol. The van der Waals surface area contributed by atoms with Gasteiger partial charge in [0.1, 0.15) is 0 Å². The first-order valence-electron chi connectivity index (χ1n) is 7.66. The Bertz CT molecular complexity index is 594. The second-order valence-corrected chi connectivity index (χ2v) is 7.09. The van der Waals surface area contributed by atoms with E-state index in [1.165, 1.54) is 0 Å². The van der Waals surface area contributed by atoms with Crippen LogP contribution in [-0.4, -0.2) is 30.4 Å². The van der Waals surface area contributed by atoms with Gasteiger partial charge in [0.25, 0.3) is 0 Å². The third kappa shape index (κ3) is 2.24. The van der Waals surface area contributed by atoms with Crippen molar-refractivity contribution in [3.8, 4) is 0 Å². The number of rotatable bonds is 1. The molecule has 2 aliphatic heterocycles. The molecule has 2 heterocycles. The zero-order chi connectivity index (χ0) is 16.0. The lowest BCUT2D eigenvalue weighted by molar-refractivity contribution is -0.258. The molecule has 1 unspecified atom stereocenters. The number of hydrogen-bond acceptors (Lipinski definition) is 5. The predicted octanol–water partition coefficient (Wildman–Crippen LogP) is 3.31. The van der Waals surface area contributed by atoms with Crippen LogP contribution in [-0.2, 0) is 14.3 Å². The smallest absolute Gasteiger partial charge is 0.341 e. The van der Waals surface area contributed by atoms with Gasteiger partial charge >= 0.3 is 5.97 Å². The van der Waals surface area contributed by atoms with Gasteiger partial charge in [0, 0.05) is 11.3 Å². The van der Waals surface area contributed by atoms with Crippen LogP contribution in [0.1, 0.15) is 39.2 Å². The molecule has 5 nitrogen and oxygen atoms in total. The quantitative estimate of drug-likeness (QED) is 0.748. The molecule has 1 aromatic carbocycles. The van der Waals surface area contributed by atoms with Gasteiger partial charge in [-0.15, -0.1) is 0 Å². The van der Waals surface area contributed by atoms with Crippen LogP contribution in [0.3, 0.4) is 0 Å². The molecular weight excluding hydrogens is 280 g/mol. The van der Waals surface area contributed by atoms with Crippen LogP contribution in [0.5, 0.6) is 0 Å². The molecule has 0 radical (unpaired) electrons. The van der Waals surface area contributed by atoms with E-state index in [2.05, 4.69) is 10.2 Å². The SMILES string of the molecule is CC1O[C@@H](C(C)(C)C)OC(=O)[C@]12N=NC[C@H]2c1ccccc1. The second-order valence-electron chi connectivity index (χ2n) is 7.09. The molecule has 1 saturated heterocycles. The van der Waals surface area contributed by atoms with Crippen molar-refractivity contribution in [3.63, 3.8) is 0 Å². The van der Waals surface area contributed by atoms with E-state index in [4.69, 9.17) is 9.47 Å². The molecule has 0 bridgehead atoms. The van der Waals surface area contributed by atoms with Crippen LogP contribution < -0.4 is 0 Å². The Morgan fingerprint density at radius 1 is 1.23 bits per heavy atom. The van der Waals surface area contributed by atoms with Crippen molar-refractivity contribution in [2.45, 2.75) is 51.5 Å². The maximum atomic E-state index is 12.8. The lowest BCUT2D eigenvalue weighted by Gasteiger charge is -2.44. The van der Waals surface area contributed by atoms with E-state index in [0.29, 0.717) is 6.54 Å². The van der Waals surface area contributed by atoms with Gasteiger partial charge in [-0.25, -0.2) is 4.79 Å². The lowest BCUT2D eigenvalue weighted by Crippen LogP contribution is -2.60. The molecule has 0 amide bonds. The van der Waals surface area contributed by atoms with Gasteiger partial charge in [-0.3, -0.25) is 0 Å². The van der Waals surface area contributed by atoms with E-state index >= 15 is 0 Å². The highest BCUT2D eigenvalue weighted by atomic mass is 16.7. The zero-order valence-electron chi connectivity index (χ0n) is 13.4. The fourth-order valence-corrected chi connectivity index (χ4v) is 3.10. The summed E-state index contributed by atoms with van der Waals surface area (Å²) < 4.78 is 11.6. The van der Waals surface area contributed by atoms with Gasteiger partial charge in [0.15, 0.2) is 0 Å². The predicted molar refractivity (Wildman–Crippen MR) is 81.5 cm³/mol. The number of nitrogens with zero attached hydrogens (tertiary/aromatic N) is 2. The average molecular weight is 302 g/mol. The van der Waals surface area contributed by atoms with Crippen LogP contribution in [0.4, 0.5) is 0 Å². The van der Waals surface area contributed by atoms with Gasteiger partial charge < -0.3 is 9.47 Å². The van der Waals surface area contributed by atoms with Crippen LogP contribution in [0, 0.1) is 5.41 Å². The van der Waals surface area contributed by atoms with Gasteiger partial charge in [-0.05, 0) is 12.5 Å². The molecule has 0 saturated carbocycles. The Morgan fingerprint density at radius 3 is 2.50 bits per heavy atom. The lowest BCUT2D eigenvalue weighted by atomic mass is 9.76. The molecule has 1 spiro atoms. The summed E-state index contributed by atoms with van der Waals surface area (Å²) in [6.45, 7) is 8.33. The second kappa shape index (κ2) is 5.16. The minimum Gasteiger partial charge on any atom is -0.433 e. The van der Waals surface area contributed by atoms with E-state index in [1.807, 2.05) is 58.0 Å². The largest absolute Gasteiger partial charge is 0.433 e. The summed E-state index contributed by atoms with van der Waals surface area (Å²) in [6.07, 6.45) is -0.942. The average Bonchev–Trinajstić information content (AvgIpc) is 2.90. The zero-order valence-corrected chi connectivity index (χ0v) is 13.4. The van der Waals surface area contributed by atoms with E-state index in [9.17, 15) is 4.79 Å². The Hall–Kier alpha value is -1.75. The Kier molecular flexibility index (Phi) is 3.56. The first-order chi connectivity index (χ1) is 10.4. The fraction of sp³-hybridized carbons (Fsp3) is 0.588. The van der Waals surface area contributed by atoms with Crippen molar-refractivity contribution in [1.29, 1.82) is 0 Å². The first-order valence-corrected chi connectivity index (χ1v) is 7.66. The number of esters is 1. The van der Waals surface area contributed by atoms with Crippen molar-refractivity contribution >= 4 is 5.97 Å². The Balaban J connectivity index is 1.95. The molecule has 1 fully saturated rings. The molecule has 2 aliphatic rings. The summed E-state index contributed by atoms with van der Waals surface area (Å²) in [7, 11) is 0. The van der Waals surface area contributed by atoms with Crippen LogP contribution >= 0.6 is 0 Å². The van der Waals surface area contributed by atoms with Gasteiger partial charge in [0.05, 0.1) is 12.6 Å². The number of azo groups is 1. The highest BCUT2D eigenvalue weighted by molar-refractivity contribution is 5.84. The maximum Gasteiger partial charge on any atom is 0.341 e. The number of cyclic esters (lactones) is 1. The van der Waals surface area contributed by atoms with Crippen molar-refractivity contribution in [2.24, 2.45) is 15.6 Å². The maximum absolute atomic E-state index is 12.8. The molecule has 22 heavy (non-hydrogen) atoms. The summed E-state index contributed by atoms with van der Waals surface area (Å²) in [4.78, 5) is 12.8. The van der Waals surface area contributed by atoms with Crippen LogP contribution in [0.2, 0.25) is 0 Å². The molecular formula is C17H22N2O3. The van der Waals surface area contributed by atoms with Gasteiger partial charge in [-0.1, -0.05) is 51.1 Å². The standard InChI is InChI=1S/C17H22N2O3/c1-11-17(14(20)22-15(21-11)16(2,3)4)13(10-18-19-17)12-8-6-5-7-9-12/h5-9,11,13,15H,10H2,1-4H3/t11?,13-,15+,17-/m0/s1. The molecule has 5 heteroatoms. The summed E-state index contributed by atoms with van der Waals surface area (Å²) in [5.41, 5.74) is -0.304. The summed E-state index contributed by atoms with van der Waals surface area (Å²) in [6, 6.07) is 9.86. The molecule has 4 atom stereocenters. The van der Waals surface area contributed by atoms with Gasteiger partial charge in [-0.2, -0.15) is 10.2 Å². The number of ether oxygens (including phenoxy) is 2. The third-order valence-electron chi connectivity index (χ3n) is 4.43. The molecule has 3 rings (SSSR count). The fourth-order valence-electron chi connectivity index (χ4n) is 3.10. The number of carbonyl (C=O) groups is 1. The minimum absolute atomic E-state index is 0.142. The normalized spacial score (nSPS) is 34.9. The Labute approximate surface area is 130 Å². The van der Waals surface area contributed by atoms with E-state index in [1.54, 1.807) is 0 Å². The highest BCUT2D eigenvalue weighted by Crippen LogP contribution is 2.46. The highest BCUT2D eigenvalue weighted by Gasteiger charge is 2.60. The van der Waals surface area contributed by atoms with Crippen molar-refractivity contribution < 1.29 is 14.3 Å². The number of hydrogen-bond donors (Lipinski definition) is 0.